The number of likely N-dealkylation sites (tertiary alicyclic amines) is 1. The van der Waals surface area contributed by atoms with Crippen LogP contribution in [0, 0.1) is 5.92 Å². The van der Waals surface area contributed by atoms with Crippen LogP contribution >= 0.6 is 0 Å². The second-order valence-electron chi connectivity index (χ2n) is 7.73. The molecule has 2 N–H and O–H groups in total. The van der Waals surface area contributed by atoms with Gasteiger partial charge in [-0.05, 0) is 57.3 Å². The summed E-state index contributed by atoms with van der Waals surface area (Å²) in [7, 11) is 1.67. The third kappa shape index (κ3) is 10.7. The highest BCUT2D eigenvalue weighted by molar-refractivity contribution is 5.93. The van der Waals surface area contributed by atoms with Gasteiger partial charge in [-0.1, -0.05) is 6.07 Å². The smallest absolute Gasteiger partial charge is 0.401 e. The molecule has 1 saturated heterocycles. The quantitative estimate of drug-likeness (QED) is 0.305. The molecule has 0 amide bonds. The van der Waals surface area contributed by atoms with Crippen LogP contribution in [0.2, 0.25) is 0 Å². The molecular formula is C22H35F3N4O2. The lowest BCUT2D eigenvalue weighted by Gasteiger charge is -2.32. The van der Waals surface area contributed by atoms with E-state index < -0.39 is 12.7 Å². The van der Waals surface area contributed by atoms with Crippen LogP contribution in [0.5, 0.6) is 5.75 Å². The van der Waals surface area contributed by atoms with Crippen LogP contribution in [0.25, 0.3) is 0 Å². The van der Waals surface area contributed by atoms with Crippen molar-refractivity contribution in [3.63, 3.8) is 0 Å². The van der Waals surface area contributed by atoms with Gasteiger partial charge in [-0.2, -0.15) is 13.2 Å². The van der Waals surface area contributed by atoms with Crippen molar-refractivity contribution in [3.8, 4) is 5.75 Å². The van der Waals surface area contributed by atoms with Gasteiger partial charge in [0.05, 0.1) is 13.2 Å². The molecule has 9 heteroatoms. The highest BCUT2D eigenvalue weighted by atomic mass is 19.4. The lowest BCUT2D eigenvalue weighted by molar-refractivity contribution is -0.148. The molecule has 1 heterocycles. The SMILES string of the molecule is CCNC(=NCCC1CCN(CC(F)(F)F)CC1)Nc1cccc(OCCCOC)c1. The van der Waals surface area contributed by atoms with E-state index in [-0.39, 0.29) is 0 Å². The summed E-state index contributed by atoms with van der Waals surface area (Å²) in [6, 6.07) is 7.71. The van der Waals surface area contributed by atoms with Crippen molar-refractivity contribution in [3.05, 3.63) is 24.3 Å². The molecule has 0 aromatic heterocycles. The number of hydrogen-bond donors (Lipinski definition) is 2. The molecular weight excluding hydrogens is 409 g/mol. The number of anilines is 1. The first-order chi connectivity index (χ1) is 14.9. The Morgan fingerprint density at radius 2 is 2.00 bits per heavy atom. The van der Waals surface area contributed by atoms with Gasteiger partial charge in [0.2, 0.25) is 0 Å². The first-order valence-electron chi connectivity index (χ1n) is 11.0. The summed E-state index contributed by atoms with van der Waals surface area (Å²) in [6.45, 7) is 4.82. The van der Waals surface area contributed by atoms with E-state index in [0.29, 0.717) is 44.7 Å². The molecule has 0 saturated carbocycles. The van der Waals surface area contributed by atoms with Crippen molar-refractivity contribution >= 4 is 11.6 Å². The van der Waals surface area contributed by atoms with Crippen LogP contribution in [-0.2, 0) is 4.74 Å². The minimum atomic E-state index is -4.12. The van der Waals surface area contributed by atoms with Crippen LogP contribution in [0.3, 0.4) is 0 Å². The first-order valence-corrected chi connectivity index (χ1v) is 11.0. The van der Waals surface area contributed by atoms with Crippen molar-refractivity contribution in [2.75, 3.05) is 58.4 Å². The van der Waals surface area contributed by atoms with Crippen molar-refractivity contribution in [1.82, 2.24) is 10.2 Å². The Kier molecular flexibility index (Phi) is 10.9. The van der Waals surface area contributed by atoms with Crippen LogP contribution in [0.4, 0.5) is 18.9 Å². The molecule has 1 aromatic carbocycles. The maximum absolute atomic E-state index is 12.5. The third-order valence-electron chi connectivity index (χ3n) is 5.12. The molecule has 0 aliphatic carbocycles. The number of halogens is 3. The largest absolute Gasteiger partial charge is 0.493 e. The van der Waals surface area contributed by atoms with Gasteiger partial charge >= 0.3 is 6.18 Å². The van der Waals surface area contributed by atoms with E-state index in [0.717, 1.165) is 43.7 Å². The molecule has 0 atom stereocenters. The second-order valence-corrected chi connectivity index (χ2v) is 7.73. The Balaban J connectivity index is 1.79. The summed E-state index contributed by atoms with van der Waals surface area (Å²) in [5.41, 5.74) is 0.879. The third-order valence-corrected chi connectivity index (χ3v) is 5.12. The highest BCUT2D eigenvalue weighted by Gasteiger charge is 2.32. The maximum Gasteiger partial charge on any atom is 0.401 e. The zero-order valence-electron chi connectivity index (χ0n) is 18.5. The Bertz CT molecular complexity index is 662. The molecule has 1 aliphatic rings. The molecule has 0 spiro atoms. The van der Waals surface area contributed by atoms with E-state index in [1.807, 2.05) is 31.2 Å². The summed E-state index contributed by atoms with van der Waals surface area (Å²) in [6.07, 6.45) is -0.835. The second kappa shape index (κ2) is 13.4. The summed E-state index contributed by atoms with van der Waals surface area (Å²) in [5, 5.41) is 6.52. The molecule has 1 aliphatic heterocycles. The van der Waals surface area contributed by atoms with Crippen LogP contribution in [0.1, 0.15) is 32.6 Å². The number of ether oxygens (including phenoxy) is 2. The van der Waals surface area contributed by atoms with Crippen molar-refractivity contribution in [2.24, 2.45) is 10.9 Å². The molecule has 6 nitrogen and oxygen atoms in total. The zero-order chi connectivity index (χ0) is 22.5. The lowest BCUT2D eigenvalue weighted by Crippen LogP contribution is -2.40. The predicted molar refractivity (Wildman–Crippen MR) is 118 cm³/mol. The lowest BCUT2D eigenvalue weighted by atomic mass is 9.93. The summed E-state index contributed by atoms with van der Waals surface area (Å²) < 4.78 is 48.3. The highest BCUT2D eigenvalue weighted by Crippen LogP contribution is 2.24. The van der Waals surface area contributed by atoms with Crippen LogP contribution in [-0.4, -0.2) is 70.1 Å². The Morgan fingerprint density at radius 1 is 1.23 bits per heavy atom. The van der Waals surface area contributed by atoms with E-state index >= 15 is 0 Å². The first kappa shape index (κ1) is 25.3. The van der Waals surface area contributed by atoms with Crippen LogP contribution < -0.4 is 15.4 Å². The van der Waals surface area contributed by atoms with Gasteiger partial charge in [0.15, 0.2) is 5.96 Å². The molecule has 2 rings (SSSR count). The summed E-state index contributed by atoms with van der Waals surface area (Å²) >= 11 is 0. The predicted octanol–water partition coefficient (Wildman–Crippen LogP) is 4.14. The van der Waals surface area contributed by atoms with E-state index in [1.54, 1.807) is 7.11 Å². The topological polar surface area (TPSA) is 58.1 Å². The van der Waals surface area contributed by atoms with Gasteiger partial charge in [-0.25, -0.2) is 0 Å². The summed E-state index contributed by atoms with van der Waals surface area (Å²) in [5.74, 6) is 1.89. The fourth-order valence-electron chi connectivity index (χ4n) is 3.55. The van der Waals surface area contributed by atoms with Crippen molar-refractivity contribution in [2.45, 2.75) is 38.8 Å². The molecule has 0 radical (unpaired) electrons. The van der Waals surface area contributed by atoms with Gasteiger partial charge in [0, 0.05) is 45.0 Å². The average Bonchev–Trinajstić information content (AvgIpc) is 2.72. The monoisotopic (exact) mass is 444 g/mol. The standard InChI is InChI=1S/C22H35F3N4O2/c1-3-26-21(28-19-6-4-7-20(16-19)31-15-5-14-30-2)27-11-8-18-9-12-29(13-10-18)17-22(23,24)25/h4,6-7,16,18H,3,5,8-15,17H2,1-2H3,(H2,26,27,28). The minimum absolute atomic E-state index is 0.417. The minimum Gasteiger partial charge on any atom is -0.493 e. The number of benzene rings is 1. The van der Waals surface area contributed by atoms with E-state index in [9.17, 15) is 13.2 Å². The Morgan fingerprint density at radius 3 is 2.68 bits per heavy atom. The normalized spacial score (nSPS) is 16.4. The van der Waals surface area contributed by atoms with Gasteiger partial charge < -0.3 is 20.1 Å². The number of piperidine rings is 1. The maximum atomic E-state index is 12.5. The number of alkyl halides is 3. The molecule has 1 aromatic rings. The van der Waals surface area contributed by atoms with Gasteiger partial charge in [-0.15, -0.1) is 0 Å². The number of nitrogens with one attached hydrogen (secondary N) is 2. The number of hydrogen-bond acceptors (Lipinski definition) is 4. The fraction of sp³-hybridized carbons (Fsp3) is 0.682. The average molecular weight is 445 g/mol. The fourth-order valence-corrected chi connectivity index (χ4v) is 3.55. The summed E-state index contributed by atoms with van der Waals surface area (Å²) in [4.78, 5) is 6.14. The van der Waals surface area contributed by atoms with E-state index in [1.165, 1.54) is 4.90 Å². The van der Waals surface area contributed by atoms with Gasteiger partial charge in [0.25, 0.3) is 0 Å². The number of guanidine groups is 1. The number of rotatable bonds is 11. The molecule has 0 bridgehead atoms. The molecule has 31 heavy (non-hydrogen) atoms. The molecule has 1 fully saturated rings. The van der Waals surface area contributed by atoms with Crippen molar-refractivity contribution < 1.29 is 22.6 Å². The number of nitrogens with zero attached hydrogens (tertiary/aromatic N) is 2. The number of aliphatic imine (C=N–C) groups is 1. The van der Waals surface area contributed by atoms with E-state index in [4.69, 9.17) is 9.47 Å². The zero-order valence-corrected chi connectivity index (χ0v) is 18.5. The van der Waals surface area contributed by atoms with Gasteiger partial charge in [0.1, 0.15) is 5.75 Å². The van der Waals surface area contributed by atoms with Crippen molar-refractivity contribution in [1.29, 1.82) is 0 Å². The Hall–Kier alpha value is -2.00. The van der Waals surface area contributed by atoms with Crippen LogP contribution in [0.15, 0.2) is 29.3 Å². The number of methoxy groups -OCH3 is 1. The molecule has 176 valence electrons. The van der Waals surface area contributed by atoms with E-state index in [2.05, 4.69) is 15.6 Å². The Labute approximate surface area is 183 Å². The molecule has 0 unspecified atom stereocenters. The van der Waals surface area contributed by atoms with Gasteiger partial charge in [-0.3, -0.25) is 9.89 Å².